The highest BCUT2D eigenvalue weighted by atomic mass is 35.5. The van der Waals surface area contributed by atoms with Crippen molar-refractivity contribution in [3.63, 3.8) is 0 Å². The van der Waals surface area contributed by atoms with Gasteiger partial charge in [0.2, 0.25) is 0 Å². The standard InChI is InChI=1S/C13H16Cl2O2/c1-17-12-4-2-3-7-13(12,16)9-5-6-10(14)11(15)8-9/h5-6,8,12,16H,2-4,7H2,1H3. The summed E-state index contributed by atoms with van der Waals surface area (Å²) in [6.07, 6.45) is 3.48. The van der Waals surface area contributed by atoms with Crippen molar-refractivity contribution >= 4 is 23.2 Å². The molecule has 1 saturated carbocycles. The molecule has 2 nitrogen and oxygen atoms in total. The molecule has 0 aromatic heterocycles. The van der Waals surface area contributed by atoms with Gasteiger partial charge < -0.3 is 9.84 Å². The maximum absolute atomic E-state index is 10.8. The van der Waals surface area contributed by atoms with E-state index in [0.717, 1.165) is 24.8 Å². The Labute approximate surface area is 111 Å². The fourth-order valence-corrected chi connectivity index (χ4v) is 2.83. The van der Waals surface area contributed by atoms with Crippen molar-refractivity contribution in [1.29, 1.82) is 0 Å². The summed E-state index contributed by atoms with van der Waals surface area (Å²) in [6.45, 7) is 0. The van der Waals surface area contributed by atoms with Crippen LogP contribution in [0.25, 0.3) is 0 Å². The second-order valence-corrected chi connectivity index (χ2v) is 5.34. The highest BCUT2D eigenvalue weighted by Crippen LogP contribution is 2.40. The van der Waals surface area contributed by atoms with Crippen LogP contribution in [0.3, 0.4) is 0 Å². The Hall–Kier alpha value is -0.280. The van der Waals surface area contributed by atoms with Crippen molar-refractivity contribution in [2.45, 2.75) is 37.4 Å². The van der Waals surface area contributed by atoms with Gasteiger partial charge in [0.1, 0.15) is 5.60 Å². The summed E-state index contributed by atoms with van der Waals surface area (Å²) in [5.74, 6) is 0. The van der Waals surface area contributed by atoms with E-state index in [1.165, 1.54) is 0 Å². The molecule has 2 atom stereocenters. The molecule has 1 aromatic carbocycles. The highest BCUT2D eigenvalue weighted by Gasteiger charge is 2.40. The van der Waals surface area contributed by atoms with E-state index in [-0.39, 0.29) is 6.10 Å². The van der Waals surface area contributed by atoms with Crippen molar-refractivity contribution in [1.82, 2.24) is 0 Å². The summed E-state index contributed by atoms with van der Waals surface area (Å²) in [7, 11) is 1.64. The Morgan fingerprint density at radius 1 is 1.29 bits per heavy atom. The number of ether oxygens (including phenoxy) is 1. The molecule has 0 saturated heterocycles. The van der Waals surface area contributed by atoms with Gasteiger partial charge in [-0.1, -0.05) is 42.1 Å². The quantitative estimate of drug-likeness (QED) is 0.890. The van der Waals surface area contributed by atoms with Crippen LogP contribution < -0.4 is 0 Å². The summed E-state index contributed by atoms with van der Waals surface area (Å²) in [5, 5.41) is 11.8. The molecule has 1 N–H and O–H groups in total. The average molecular weight is 275 g/mol. The van der Waals surface area contributed by atoms with Gasteiger partial charge in [0, 0.05) is 7.11 Å². The molecule has 0 heterocycles. The smallest absolute Gasteiger partial charge is 0.116 e. The highest BCUT2D eigenvalue weighted by molar-refractivity contribution is 6.42. The van der Waals surface area contributed by atoms with Crippen LogP contribution in [0, 0.1) is 0 Å². The summed E-state index contributed by atoms with van der Waals surface area (Å²) in [5.41, 5.74) is -0.153. The minimum absolute atomic E-state index is 0.173. The summed E-state index contributed by atoms with van der Waals surface area (Å²) in [6, 6.07) is 5.28. The Balaban J connectivity index is 2.37. The van der Waals surface area contributed by atoms with Crippen molar-refractivity contribution in [2.75, 3.05) is 7.11 Å². The first-order chi connectivity index (χ1) is 8.08. The minimum atomic E-state index is -0.943. The molecule has 0 amide bonds. The molecule has 0 aliphatic heterocycles. The number of hydrogen-bond acceptors (Lipinski definition) is 2. The normalized spacial score (nSPS) is 29.3. The Kier molecular flexibility index (Phi) is 3.99. The second kappa shape index (κ2) is 5.15. The molecule has 1 aliphatic carbocycles. The van der Waals surface area contributed by atoms with Crippen LogP contribution in [0.4, 0.5) is 0 Å². The van der Waals surface area contributed by atoms with E-state index in [4.69, 9.17) is 27.9 Å². The van der Waals surface area contributed by atoms with Crippen molar-refractivity contribution in [3.8, 4) is 0 Å². The summed E-state index contributed by atoms with van der Waals surface area (Å²) in [4.78, 5) is 0. The number of aliphatic hydroxyl groups is 1. The van der Waals surface area contributed by atoms with Crippen LogP contribution in [0.5, 0.6) is 0 Å². The zero-order valence-electron chi connectivity index (χ0n) is 9.75. The fraction of sp³-hybridized carbons (Fsp3) is 0.538. The van der Waals surface area contributed by atoms with Gasteiger partial charge >= 0.3 is 0 Å². The third-order valence-electron chi connectivity index (χ3n) is 3.51. The van der Waals surface area contributed by atoms with Crippen LogP contribution >= 0.6 is 23.2 Å². The molecule has 2 unspecified atom stereocenters. The van der Waals surface area contributed by atoms with E-state index in [1.54, 1.807) is 19.2 Å². The van der Waals surface area contributed by atoms with Gasteiger partial charge in [0.25, 0.3) is 0 Å². The predicted molar refractivity (Wildman–Crippen MR) is 69.6 cm³/mol. The Bertz CT molecular complexity index is 408. The lowest BCUT2D eigenvalue weighted by Gasteiger charge is -2.39. The van der Waals surface area contributed by atoms with E-state index in [0.29, 0.717) is 16.5 Å². The zero-order valence-corrected chi connectivity index (χ0v) is 11.3. The van der Waals surface area contributed by atoms with Crippen molar-refractivity contribution in [2.24, 2.45) is 0 Å². The van der Waals surface area contributed by atoms with Crippen molar-refractivity contribution < 1.29 is 9.84 Å². The first-order valence-corrected chi connectivity index (χ1v) is 6.54. The topological polar surface area (TPSA) is 29.5 Å². The lowest BCUT2D eigenvalue weighted by Crippen LogP contribution is -2.43. The van der Waals surface area contributed by atoms with Crippen LogP contribution in [0.2, 0.25) is 10.0 Å². The summed E-state index contributed by atoms with van der Waals surface area (Å²) < 4.78 is 5.41. The van der Waals surface area contributed by atoms with Gasteiger partial charge in [-0.3, -0.25) is 0 Å². The van der Waals surface area contributed by atoms with Gasteiger partial charge in [0.05, 0.1) is 16.1 Å². The monoisotopic (exact) mass is 274 g/mol. The molecular formula is C13H16Cl2O2. The second-order valence-electron chi connectivity index (χ2n) is 4.52. The number of methoxy groups -OCH3 is 1. The molecule has 1 aliphatic rings. The predicted octanol–water partition coefficient (Wildman–Crippen LogP) is 3.77. The molecule has 17 heavy (non-hydrogen) atoms. The van der Waals surface area contributed by atoms with E-state index in [9.17, 15) is 5.11 Å². The lowest BCUT2D eigenvalue weighted by molar-refractivity contribution is -0.122. The van der Waals surface area contributed by atoms with Crippen molar-refractivity contribution in [3.05, 3.63) is 33.8 Å². The van der Waals surface area contributed by atoms with Crippen LogP contribution in [-0.4, -0.2) is 18.3 Å². The van der Waals surface area contributed by atoms with Crippen LogP contribution in [-0.2, 0) is 10.3 Å². The van der Waals surface area contributed by atoms with E-state index < -0.39 is 5.60 Å². The van der Waals surface area contributed by atoms with Gasteiger partial charge in [-0.2, -0.15) is 0 Å². The third kappa shape index (κ3) is 2.45. The Morgan fingerprint density at radius 3 is 2.71 bits per heavy atom. The van der Waals surface area contributed by atoms with Gasteiger partial charge in [-0.15, -0.1) is 0 Å². The molecule has 2 rings (SSSR count). The molecule has 0 bridgehead atoms. The minimum Gasteiger partial charge on any atom is -0.382 e. The zero-order chi connectivity index (χ0) is 12.5. The van der Waals surface area contributed by atoms with Gasteiger partial charge in [-0.25, -0.2) is 0 Å². The number of rotatable bonds is 2. The molecule has 0 spiro atoms. The van der Waals surface area contributed by atoms with E-state index in [1.807, 2.05) is 6.07 Å². The maximum Gasteiger partial charge on any atom is 0.116 e. The average Bonchev–Trinajstić information content (AvgIpc) is 2.33. The first kappa shape index (κ1) is 13.2. The SMILES string of the molecule is COC1CCCCC1(O)c1ccc(Cl)c(Cl)c1. The number of halogens is 2. The molecule has 1 fully saturated rings. The Morgan fingerprint density at radius 2 is 2.06 bits per heavy atom. The largest absolute Gasteiger partial charge is 0.382 e. The summed E-state index contributed by atoms with van der Waals surface area (Å²) >= 11 is 11.9. The first-order valence-electron chi connectivity index (χ1n) is 5.78. The molecular weight excluding hydrogens is 259 g/mol. The number of benzene rings is 1. The lowest BCUT2D eigenvalue weighted by atomic mass is 9.77. The van der Waals surface area contributed by atoms with Crippen LogP contribution in [0.1, 0.15) is 31.2 Å². The van der Waals surface area contributed by atoms with Gasteiger partial charge in [-0.05, 0) is 30.5 Å². The maximum atomic E-state index is 10.8. The molecule has 1 aromatic rings. The molecule has 0 radical (unpaired) electrons. The van der Waals surface area contributed by atoms with Gasteiger partial charge in [0.15, 0.2) is 0 Å². The molecule has 4 heteroatoms. The molecule has 94 valence electrons. The third-order valence-corrected chi connectivity index (χ3v) is 4.25. The number of hydrogen-bond donors (Lipinski definition) is 1. The van der Waals surface area contributed by atoms with Crippen LogP contribution in [0.15, 0.2) is 18.2 Å². The van der Waals surface area contributed by atoms with E-state index in [2.05, 4.69) is 0 Å². The van der Waals surface area contributed by atoms with E-state index >= 15 is 0 Å². The fourth-order valence-electron chi connectivity index (χ4n) is 2.53.